The fraction of sp³-hybridized carbons (Fsp3) is 0.407. The average molecular weight is 481 g/mol. The highest BCUT2D eigenvalue weighted by atomic mass is 16.5. The van der Waals surface area contributed by atoms with Gasteiger partial charge in [0.15, 0.2) is 0 Å². The molecule has 1 N–H and O–H groups in total. The number of likely N-dealkylation sites (tertiary alicyclic amines) is 1. The number of morpholine rings is 1. The van der Waals surface area contributed by atoms with Crippen LogP contribution in [-0.2, 0) is 14.3 Å². The van der Waals surface area contributed by atoms with E-state index in [1.807, 2.05) is 38.1 Å². The molecule has 0 aromatic heterocycles. The lowest BCUT2D eigenvalue weighted by Gasteiger charge is -2.31. The third-order valence-electron chi connectivity index (χ3n) is 6.22. The maximum absolute atomic E-state index is 13.2. The molecule has 2 fully saturated rings. The number of benzene rings is 2. The topological polar surface area (TPSA) is 88.5 Å². The summed E-state index contributed by atoms with van der Waals surface area (Å²) in [5, 5.41) is 11.2. The molecule has 2 aromatic rings. The molecule has 186 valence electrons. The lowest BCUT2D eigenvalue weighted by atomic mass is 9.95. The van der Waals surface area contributed by atoms with Gasteiger partial charge in [0, 0.05) is 31.7 Å². The summed E-state index contributed by atoms with van der Waals surface area (Å²) in [5.41, 5.74) is 1.24. The van der Waals surface area contributed by atoms with E-state index in [-0.39, 0.29) is 11.3 Å². The largest absolute Gasteiger partial charge is 0.507 e. The molecule has 4 rings (SSSR count). The molecule has 0 bridgehead atoms. The molecule has 8 heteroatoms. The Balaban J connectivity index is 1.72. The van der Waals surface area contributed by atoms with E-state index in [2.05, 4.69) is 4.90 Å². The Hall–Kier alpha value is -3.36. The number of Topliss-reactive ketones (excluding diaryl/α,β-unsaturated/α-hetero) is 1. The van der Waals surface area contributed by atoms with Crippen LogP contribution >= 0.6 is 0 Å². The summed E-state index contributed by atoms with van der Waals surface area (Å²) in [5.74, 6) is -0.198. The Morgan fingerprint density at radius 2 is 1.66 bits per heavy atom. The van der Waals surface area contributed by atoms with Gasteiger partial charge in [-0.3, -0.25) is 14.5 Å². The minimum absolute atomic E-state index is 0.0785. The monoisotopic (exact) mass is 480 g/mol. The van der Waals surface area contributed by atoms with Crippen molar-refractivity contribution in [3.05, 3.63) is 65.2 Å². The van der Waals surface area contributed by atoms with Crippen molar-refractivity contribution in [3.63, 3.8) is 0 Å². The molecule has 35 heavy (non-hydrogen) atoms. The lowest BCUT2D eigenvalue weighted by molar-refractivity contribution is -0.140. The zero-order chi connectivity index (χ0) is 24.8. The number of ether oxygens (including phenoxy) is 3. The van der Waals surface area contributed by atoms with Gasteiger partial charge in [-0.1, -0.05) is 12.1 Å². The second-order valence-electron chi connectivity index (χ2n) is 8.41. The molecule has 1 atom stereocenters. The van der Waals surface area contributed by atoms with E-state index >= 15 is 0 Å². The molecule has 0 spiro atoms. The molecule has 2 heterocycles. The number of carbonyl (C=O) groups is 2. The number of hydrogen-bond donors (Lipinski definition) is 1. The van der Waals surface area contributed by atoms with Crippen molar-refractivity contribution >= 4 is 17.4 Å². The van der Waals surface area contributed by atoms with Crippen LogP contribution in [0.15, 0.2) is 54.1 Å². The van der Waals surface area contributed by atoms with Gasteiger partial charge in [-0.25, -0.2) is 0 Å². The molecule has 2 aliphatic heterocycles. The third-order valence-corrected chi connectivity index (χ3v) is 6.22. The predicted octanol–water partition coefficient (Wildman–Crippen LogP) is 3.24. The molecule has 0 aliphatic carbocycles. The van der Waals surface area contributed by atoms with Crippen LogP contribution in [0.3, 0.4) is 0 Å². The number of carbonyl (C=O) groups excluding carboxylic acids is 2. The number of ketones is 1. The van der Waals surface area contributed by atoms with Crippen molar-refractivity contribution in [2.45, 2.75) is 19.9 Å². The maximum Gasteiger partial charge on any atom is 0.295 e. The Morgan fingerprint density at radius 1 is 0.971 bits per heavy atom. The van der Waals surface area contributed by atoms with Crippen LogP contribution in [0.25, 0.3) is 5.76 Å². The molecule has 1 unspecified atom stereocenters. The van der Waals surface area contributed by atoms with Crippen LogP contribution in [0, 0.1) is 0 Å². The molecule has 1 amide bonds. The highest BCUT2D eigenvalue weighted by molar-refractivity contribution is 6.46. The van der Waals surface area contributed by atoms with E-state index in [0.29, 0.717) is 62.1 Å². The fourth-order valence-corrected chi connectivity index (χ4v) is 4.50. The number of aliphatic hydroxyl groups excluding tert-OH is 1. The third kappa shape index (κ3) is 5.49. The van der Waals surface area contributed by atoms with Gasteiger partial charge in [0.25, 0.3) is 11.7 Å². The molecular weight excluding hydrogens is 448 g/mol. The highest BCUT2D eigenvalue weighted by Crippen LogP contribution is 2.40. The number of amides is 1. The first-order valence-corrected chi connectivity index (χ1v) is 12.1. The van der Waals surface area contributed by atoms with Crippen LogP contribution in [0.1, 0.15) is 31.0 Å². The zero-order valence-electron chi connectivity index (χ0n) is 20.2. The normalized spacial score (nSPS) is 20.3. The van der Waals surface area contributed by atoms with Gasteiger partial charge in [-0.2, -0.15) is 0 Å². The maximum atomic E-state index is 13.2. The smallest absolute Gasteiger partial charge is 0.295 e. The van der Waals surface area contributed by atoms with Gasteiger partial charge >= 0.3 is 0 Å². The quantitative estimate of drug-likeness (QED) is 0.335. The zero-order valence-corrected chi connectivity index (χ0v) is 20.2. The van der Waals surface area contributed by atoms with Gasteiger partial charge in [0.2, 0.25) is 0 Å². The number of rotatable bonds is 9. The van der Waals surface area contributed by atoms with Gasteiger partial charge in [0.1, 0.15) is 17.3 Å². The Morgan fingerprint density at radius 3 is 2.34 bits per heavy atom. The first kappa shape index (κ1) is 24.8. The Labute approximate surface area is 205 Å². The van der Waals surface area contributed by atoms with E-state index in [1.54, 1.807) is 29.2 Å². The van der Waals surface area contributed by atoms with Gasteiger partial charge in [0.05, 0.1) is 38.0 Å². The standard InChI is InChI=1S/C27H32N2O6/c1-3-34-21-10-8-19(9-11-21)25(30)23-24(20-6-5-7-22(18-20)35-4-2)29(27(32)26(23)31)13-12-28-14-16-33-17-15-28/h5-11,18,24,30H,3-4,12-17H2,1-2H3. The molecular formula is C27H32N2O6. The van der Waals surface area contributed by atoms with Gasteiger partial charge < -0.3 is 24.2 Å². The second kappa shape index (κ2) is 11.4. The molecule has 2 saturated heterocycles. The molecule has 2 aromatic carbocycles. The Kier molecular flexibility index (Phi) is 8.05. The summed E-state index contributed by atoms with van der Waals surface area (Å²) < 4.78 is 16.6. The van der Waals surface area contributed by atoms with Gasteiger partial charge in [-0.15, -0.1) is 0 Å². The number of nitrogens with zero attached hydrogens (tertiary/aromatic N) is 2. The minimum atomic E-state index is -0.719. The van der Waals surface area contributed by atoms with E-state index in [9.17, 15) is 14.7 Å². The van der Waals surface area contributed by atoms with Crippen molar-refractivity contribution in [2.75, 3.05) is 52.6 Å². The average Bonchev–Trinajstić information content (AvgIpc) is 3.13. The van der Waals surface area contributed by atoms with E-state index in [0.717, 1.165) is 13.1 Å². The van der Waals surface area contributed by atoms with Gasteiger partial charge in [-0.05, 0) is 55.8 Å². The van der Waals surface area contributed by atoms with Crippen LogP contribution < -0.4 is 9.47 Å². The molecule has 2 aliphatic rings. The Bertz CT molecular complexity index is 1080. The van der Waals surface area contributed by atoms with Crippen LogP contribution in [0.4, 0.5) is 0 Å². The van der Waals surface area contributed by atoms with E-state index < -0.39 is 17.7 Å². The summed E-state index contributed by atoms with van der Waals surface area (Å²) in [6.45, 7) is 8.63. The lowest BCUT2D eigenvalue weighted by Crippen LogP contribution is -2.42. The van der Waals surface area contributed by atoms with Crippen LogP contribution in [0.5, 0.6) is 11.5 Å². The summed E-state index contributed by atoms with van der Waals surface area (Å²) in [7, 11) is 0. The first-order valence-electron chi connectivity index (χ1n) is 12.1. The fourth-order valence-electron chi connectivity index (χ4n) is 4.50. The SMILES string of the molecule is CCOc1ccc(C(O)=C2C(=O)C(=O)N(CCN3CCOCC3)C2c2cccc(OCC)c2)cc1. The van der Waals surface area contributed by atoms with Crippen molar-refractivity contribution < 1.29 is 28.9 Å². The molecule has 0 radical (unpaired) electrons. The van der Waals surface area contributed by atoms with E-state index in [4.69, 9.17) is 14.2 Å². The summed E-state index contributed by atoms with van der Waals surface area (Å²) in [6, 6.07) is 13.5. The van der Waals surface area contributed by atoms with E-state index in [1.165, 1.54) is 0 Å². The van der Waals surface area contributed by atoms with Crippen LogP contribution in [0.2, 0.25) is 0 Å². The molecule has 8 nitrogen and oxygen atoms in total. The first-order chi connectivity index (χ1) is 17.0. The predicted molar refractivity (Wildman–Crippen MR) is 131 cm³/mol. The van der Waals surface area contributed by atoms with Crippen LogP contribution in [-0.4, -0.2) is 79.2 Å². The second-order valence-corrected chi connectivity index (χ2v) is 8.41. The summed E-state index contributed by atoms with van der Waals surface area (Å²) in [6.07, 6.45) is 0. The van der Waals surface area contributed by atoms with Crippen molar-refractivity contribution in [1.29, 1.82) is 0 Å². The summed E-state index contributed by atoms with van der Waals surface area (Å²) in [4.78, 5) is 30.2. The molecule has 0 saturated carbocycles. The number of aliphatic hydroxyl groups is 1. The summed E-state index contributed by atoms with van der Waals surface area (Å²) >= 11 is 0. The van der Waals surface area contributed by atoms with Crippen molar-refractivity contribution in [3.8, 4) is 11.5 Å². The number of hydrogen-bond acceptors (Lipinski definition) is 7. The highest BCUT2D eigenvalue weighted by Gasteiger charge is 2.46. The minimum Gasteiger partial charge on any atom is -0.507 e. The van der Waals surface area contributed by atoms with Crippen molar-refractivity contribution in [2.24, 2.45) is 0 Å². The van der Waals surface area contributed by atoms with Crippen molar-refractivity contribution in [1.82, 2.24) is 9.80 Å².